The normalized spacial score (nSPS) is 21.7. The van der Waals surface area contributed by atoms with Gasteiger partial charge >= 0.3 is 0 Å². The van der Waals surface area contributed by atoms with E-state index in [0.29, 0.717) is 0 Å². The van der Waals surface area contributed by atoms with Crippen LogP contribution in [0.3, 0.4) is 0 Å². The van der Waals surface area contributed by atoms with E-state index in [0.717, 1.165) is 11.3 Å². The minimum atomic E-state index is 1.03. The first-order chi connectivity index (χ1) is 5.16. The van der Waals surface area contributed by atoms with Gasteiger partial charge in [0.25, 0.3) is 0 Å². The van der Waals surface area contributed by atoms with Crippen molar-refractivity contribution in [3.63, 3.8) is 0 Å². The maximum Gasteiger partial charge on any atom is 0.0668 e. The van der Waals surface area contributed by atoms with Crippen LogP contribution in [-0.4, -0.2) is 12.8 Å². The molecule has 11 heavy (non-hydrogen) atoms. The quantitative estimate of drug-likeness (QED) is 0.499. The summed E-state index contributed by atoms with van der Waals surface area (Å²) in [6.45, 7) is 8.06. The highest BCUT2D eigenvalue weighted by Gasteiger charge is 2.10. The Kier molecular flexibility index (Phi) is 2.08. The first kappa shape index (κ1) is 7.99. The summed E-state index contributed by atoms with van der Waals surface area (Å²) in [5.74, 6) is 0. The zero-order chi connectivity index (χ0) is 8.43. The summed E-state index contributed by atoms with van der Waals surface area (Å²) >= 11 is 0. The van der Waals surface area contributed by atoms with Crippen molar-refractivity contribution in [1.29, 1.82) is 0 Å². The molecular weight excluding hydrogens is 134 g/mol. The molecule has 0 unspecified atom stereocenters. The molecule has 0 spiro atoms. The Labute approximate surface area is 67.8 Å². The van der Waals surface area contributed by atoms with Crippen LogP contribution in [0.5, 0.6) is 0 Å². The van der Waals surface area contributed by atoms with Crippen molar-refractivity contribution in [1.82, 2.24) is 0 Å². The average molecular weight is 147 g/mol. The third-order valence-corrected chi connectivity index (χ3v) is 1.94. The summed E-state index contributed by atoms with van der Waals surface area (Å²) in [4.78, 5) is 4.17. The maximum absolute atomic E-state index is 4.17. The highest BCUT2D eigenvalue weighted by Crippen LogP contribution is 2.19. The molecule has 0 saturated carbocycles. The molecule has 58 valence electrons. The molecule has 0 fully saturated rings. The summed E-state index contributed by atoms with van der Waals surface area (Å²) in [7, 11) is 1.80. The second kappa shape index (κ2) is 2.87. The molecule has 0 N–H and O–H groups in total. The molecular formula is C10H13N. The number of hydrogen-bond acceptors (Lipinski definition) is 1. The Hall–Kier alpha value is -1.11. The molecule has 0 aromatic rings. The van der Waals surface area contributed by atoms with Gasteiger partial charge in [0.15, 0.2) is 0 Å². The van der Waals surface area contributed by atoms with Crippen LogP contribution in [0.4, 0.5) is 0 Å². The summed E-state index contributed by atoms with van der Waals surface area (Å²) < 4.78 is 0. The molecule has 0 atom stereocenters. The molecule has 0 saturated heterocycles. The molecule has 0 aliphatic heterocycles. The van der Waals surface area contributed by atoms with E-state index in [1.165, 1.54) is 11.1 Å². The minimum Gasteiger partial charge on any atom is -0.288 e. The van der Waals surface area contributed by atoms with E-state index in [2.05, 4.69) is 37.6 Å². The molecule has 1 aliphatic rings. The van der Waals surface area contributed by atoms with Crippen LogP contribution in [0, 0.1) is 0 Å². The van der Waals surface area contributed by atoms with E-state index in [1.54, 1.807) is 7.05 Å². The van der Waals surface area contributed by atoms with Gasteiger partial charge in [0.1, 0.15) is 0 Å². The van der Waals surface area contributed by atoms with Crippen LogP contribution in [0.2, 0.25) is 0 Å². The average Bonchev–Trinajstić information content (AvgIpc) is 1.99. The fourth-order valence-corrected chi connectivity index (χ4v) is 1.17. The molecule has 1 heteroatoms. The van der Waals surface area contributed by atoms with Gasteiger partial charge in [0, 0.05) is 7.05 Å². The largest absolute Gasteiger partial charge is 0.288 e. The van der Waals surface area contributed by atoms with Gasteiger partial charge in [-0.05, 0) is 30.6 Å². The van der Waals surface area contributed by atoms with E-state index < -0.39 is 0 Å². The van der Waals surface area contributed by atoms with Crippen molar-refractivity contribution >= 4 is 5.71 Å². The highest BCUT2D eigenvalue weighted by molar-refractivity contribution is 6.15. The maximum atomic E-state index is 4.17. The number of allylic oxidation sites excluding steroid dienone is 5. The smallest absolute Gasteiger partial charge is 0.0668 e. The standard InChI is InChI=1S/C10H13N/c1-7-5-6-8(2)10(11-4)9(7)3/h5-6H,3H2,1-2,4H3/b11-10-. The van der Waals surface area contributed by atoms with Gasteiger partial charge in [-0.25, -0.2) is 0 Å². The Morgan fingerprint density at radius 3 is 2.18 bits per heavy atom. The van der Waals surface area contributed by atoms with Crippen LogP contribution in [0.1, 0.15) is 13.8 Å². The van der Waals surface area contributed by atoms with E-state index in [-0.39, 0.29) is 0 Å². The zero-order valence-corrected chi connectivity index (χ0v) is 7.31. The first-order valence-electron chi connectivity index (χ1n) is 3.69. The minimum absolute atomic E-state index is 1.03. The Balaban J connectivity index is 3.13. The van der Waals surface area contributed by atoms with E-state index in [4.69, 9.17) is 0 Å². The molecule has 0 amide bonds. The lowest BCUT2D eigenvalue weighted by Gasteiger charge is -2.13. The topological polar surface area (TPSA) is 12.4 Å². The SMILES string of the molecule is C=C1C(C)=CC=C(C)/C1=N/C. The number of aliphatic imine (C=N–C) groups is 1. The molecule has 0 radical (unpaired) electrons. The third kappa shape index (κ3) is 1.32. The number of nitrogens with zero attached hydrogens (tertiary/aromatic N) is 1. The fourth-order valence-electron chi connectivity index (χ4n) is 1.17. The van der Waals surface area contributed by atoms with Gasteiger partial charge in [-0.1, -0.05) is 18.7 Å². The predicted octanol–water partition coefficient (Wildman–Crippen LogP) is 2.52. The Morgan fingerprint density at radius 1 is 1.18 bits per heavy atom. The summed E-state index contributed by atoms with van der Waals surface area (Å²) in [5, 5.41) is 0. The molecule has 0 aromatic heterocycles. The van der Waals surface area contributed by atoms with Crippen LogP contribution >= 0.6 is 0 Å². The second-order valence-corrected chi connectivity index (χ2v) is 2.75. The van der Waals surface area contributed by atoms with Crippen molar-refractivity contribution < 1.29 is 0 Å². The van der Waals surface area contributed by atoms with Crippen molar-refractivity contribution in [3.8, 4) is 0 Å². The molecule has 0 aromatic carbocycles. The fraction of sp³-hybridized carbons (Fsp3) is 0.300. The first-order valence-corrected chi connectivity index (χ1v) is 3.69. The predicted molar refractivity (Wildman–Crippen MR) is 50.0 cm³/mol. The van der Waals surface area contributed by atoms with Crippen molar-refractivity contribution in [3.05, 3.63) is 35.5 Å². The summed E-state index contributed by atoms with van der Waals surface area (Å²) in [6.07, 6.45) is 4.15. The molecule has 0 heterocycles. The zero-order valence-electron chi connectivity index (χ0n) is 7.31. The van der Waals surface area contributed by atoms with Gasteiger partial charge in [0.05, 0.1) is 5.71 Å². The van der Waals surface area contributed by atoms with Gasteiger partial charge in [-0.15, -0.1) is 0 Å². The lowest BCUT2D eigenvalue weighted by atomic mass is 9.94. The van der Waals surface area contributed by atoms with Crippen molar-refractivity contribution in [2.45, 2.75) is 13.8 Å². The third-order valence-electron chi connectivity index (χ3n) is 1.94. The van der Waals surface area contributed by atoms with E-state index >= 15 is 0 Å². The van der Waals surface area contributed by atoms with E-state index in [1.807, 2.05) is 0 Å². The molecule has 0 bridgehead atoms. The van der Waals surface area contributed by atoms with Gasteiger partial charge < -0.3 is 0 Å². The summed E-state index contributed by atoms with van der Waals surface area (Å²) in [6, 6.07) is 0. The van der Waals surface area contributed by atoms with Crippen molar-refractivity contribution in [2.24, 2.45) is 4.99 Å². The number of hydrogen-bond donors (Lipinski definition) is 0. The Morgan fingerprint density at radius 2 is 1.73 bits per heavy atom. The number of rotatable bonds is 0. The highest BCUT2D eigenvalue weighted by atomic mass is 14.7. The van der Waals surface area contributed by atoms with Crippen LogP contribution in [0.15, 0.2) is 40.4 Å². The monoisotopic (exact) mass is 147 g/mol. The molecule has 1 rings (SSSR count). The van der Waals surface area contributed by atoms with Crippen LogP contribution < -0.4 is 0 Å². The van der Waals surface area contributed by atoms with Gasteiger partial charge in [-0.3, -0.25) is 4.99 Å². The van der Waals surface area contributed by atoms with E-state index in [9.17, 15) is 0 Å². The lowest BCUT2D eigenvalue weighted by Crippen LogP contribution is -2.07. The van der Waals surface area contributed by atoms with Gasteiger partial charge in [-0.2, -0.15) is 0 Å². The Bertz CT molecular complexity index is 273. The molecule has 1 aliphatic carbocycles. The van der Waals surface area contributed by atoms with Gasteiger partial charge in [0.2, 0.25) is 0 Å². The second-order valence-electron chi connectivity index (χ2n) is 2.75. The molecule has 1 nitrogen and oxygen atoms in total. The van der Waals surface area contributed by atoms with Crippen molar-refractivity contribution in [2.75, 3.05) is 7.05 Å². The van der Waals surface area contributed by atoms with Crippen LogP contribution in [-0.2, 0) is 0 Å². The van der Waals surface area contributed by atoms with Crippen LogP contribution in [0.25, 0.3) is 0 Å². The summed E-state index contributed by atoms with van der Waals surface area (Å²) in [5.41, 5.74) is 4.48. The lowest BCUT2D eigenvalue weighted by molar-refractivity contribution is 1.34.